The Labute approximate surface area is 127 Å². The highest BCUT2D eigenvalue weighted by molar-refractivity contribution is 5.96. The lowest BCUT2D eigenvalue weighted by Gasteiger charge is -2.25. The molecule has 112 valence electrons. The summed E-state index contributed by atoms with van der Waals surface area (Å²) in [6.45, 7) is 6.86. The van der Waals surface area contributed by atoms with Crippen LogP contribution in [-0.2, 0) is 0 Å². The number of aliphatic hydroxyl groups excluding tert-OH is 1. The number of aryl methyl sites for hydroxylation is 1. The fourth-order valence-electron chi connectivity index (χ4n) is 2.40. The molecule has 1 aromatic rings. The molecule has 21 heavy (non-hydrogen) atoms. The zero-order valence-corrected chi connectivity index (χ0v) is 13.0. The monoisotopic (exact) mass is 285 g/mol. The van der Waals surface area contributed by atoms with E-state index in [0.29, 0.717) is 12.0 Å². The minimum Gasteiger partial charge on any atom is -0.384 e. The number of amides is 1. The highest BCUT2D eigenvalue weighted by atomic mass is 16.2. The van der Waals surface area contributed by atoms with Crippen LogP contribution in [0.15, 0.2) is 18.2 Å². The van der Waals surface area contributed by atoms with Gasteiger partial charge in [-0.05, 0) is 43.4 Å². The molecule has 0 saturated heterocycles. The summed E-state index contributed by atoms with van der Waals surface area (Å²) in [4.78, 5) is 14.8. The Morgan fingerprint density at radius 3 is 2.71 bits per heavy atom. The van der Waals surface area contributed by atoms with Gasteiger partial charge in [-0.2, -0.15) is 0 Å². The summed E-state index contributed by atoms with van der Waals surface area (Å²) in [6, 6.07) is 6.07. The fourth-order valence-corrected chi connectivity index (χ4v) is 2.40. The summed E-state index contributed by atoms with van der Waals surface area (Å²) in [5.74, 6) is 6.07. The summed E-state index contributed by atoms with van der Waals surface area (Å²) in [5.41, 5.74) is 2.48. The summed E-state index contributed by atoms with van der Waals surface area (Å²) >= 11 is 0. The van der Waals surface area contributed by atoms with E-state index in [2.05, 4.69) is 25.7 Å². The highest BCUT2D eigenvalue weighted by Gasteiger charge is 2.33. The Hall–Kier alpha value is -1.79. The molecule has 0 atom stereocenters. The second-order valence-corrected chi connectivity index (χ2v) is 6.07. The molecule has 1 aliphatic carbocycles. The smallest absolute Gasteiger partial charge is 0.254 e. The van der Waals surface area contributed by atoms with Crippen molar-refractivity contribution in [3.8, 4) is 11.8 Å². The molecule has 1 saturated carbocycles. The van der Waals surface area contributed by atoms with Crippen LogP contribution in [0.1, 0.15) is 48.2 Å². The molecule has 0 aliphatic heterocycles. The third kappa shape index (κ3) is 4.09. The van der Waals surface area contributed by atoms with Crippen LogP contribution in [-0.4, -0.2) is 35.1 Å². The quantitative estimate of drug-likeness (QED) is 0.864. The van der Waals surface area contributed by atoms with Crippen molar-refractivity contribution in [2.24, 2.45) is 5.92 Å². The van der Waals surface area contributed by atoms with E-state index in [1.807, 2.05) is 30.0 Å². The zero-order valence-electron chi connectivity index (χ0n) is 13.0. The van der Waals surface area contributed by atoms with Crippen LogP contribution >= 0.6 is 0 Å². The van der Waals surface area contributed by atoms with E-state index in [4.69, 9.17) is 5.11 Å². The Kier molecular flexibility index (Phi) is 5.03. The minimum absolute atomic E-state index is 0.108. The number of carbonyl (C=O) groups excluding carboxylic acids is 1. The molecule has 0 unspecified atom stereocenters. The molecule has 2 rings (SSSR count). The molecular formula is C18H23NO2. The van der Waals surface area contributed by atoms with Crippen LogP contribution in [0, 0.1) is 24.7 Å². The number of nitrogens with zero attached hydrogens (tertiary/aromatic N) is 1. The minimum atomic E-state index is -0.168. The number of hydrogen-bond acceptors (Lipinski definition) is 2. The lowest BCUT2D eigenvalue weighted by atomic mass is 10.0. The number of aliphatic hydroxyl groups is 1. The first-order valence-corrected chi connectivity index (χ1v) is 7.54. The average Bonchev–Trinajstić information content (AvgIpc) is 3.27. The topological polar surface area (TPSA) is 40.5 Å². The first-order chi connectivity index (χ1) is 10.0. The second-order valence-electron chi connectivity index (χ2n) is 6.07. The van der Waals surface area contributed by atoms with E-state index in [9.17, 15) is 4.79 Å². The van der Waals surface area contributed by atoms with Crippen molar-refractivity contribution in [1.29, 1.82) is 0 Å². The van der Waals surface area contributed by atoms with Gasteiger partial charge in [-0.15, -0.1) is 0 Å². The summed E-state index contributed by atoms with van der Waals surface area (Å²) in [5, 5.41) is 8.78. The maximum absolute atomic E-state index is 12.8. The van der Waals surface area contributed by atoms with Crippen LogP contribution in [0.25, 0.3) is 0 Å². The predicted octanol–water partition coefficient (Wildman–Crippen LogP) is 2.60. The van der Waals surface area contributed by atoms with Gasteiger partial charge in [0.2, 0.25) is 0 Å². The van der Waals surface area contributed by atoms with Crippen molar-refractivity contribution >= 4 is 5.91 Å². The third-order valence-corrected chi connectivity index (χ3v) is 3.59. The number of hydrogen-bond donors (Lipinski definition) is 1. The Morgan fingerprint density at radius 2 is 2.14 bits per heavy atom. The van der Waals surface area contributed by atoms with Crippen LogP contribution < -0.4 is 0 Å². The Morgan fingerprint density at radius 1 is 1.43 bits per heavy atom. The van der Waals surface area contributed by atoms with E-state index >= 15 is 0 Å². The normalized spacial score (nSPS) is 13.8. The summed E-state index contributed by atoms with van der Waals surface area (Å²) in [7, 11) is 0. The van der Waals surface area contributed by atoms with E-state index in [0.717, 1.165) is 36.1 Å². The Bertz CT molecular complexity index is 577. The number of carbonyl (C=O) groups is 1. The molecule has 0 aromatic heterocycles. The van der Waals surface area contributed by atoms with Crippen molar-refractivity contribution in [1.82, 2.24) is 4.90 Å². The first-order valence-electron chi connectivity index (χ1n) is 7.54. The molecule has 1 fully saturated rings. The van der Waals surface area contributed by atoms with Gasteiger partial charge in [-0.3, -0.25) is 4.79 Å². The van der Waals surface area contributed by atoms with Gasteiger partial charge in [0.25, 0.3) is 5.91 Å². The van der Waals surface area contributed by atoms with Crippen LogP contribution in [0.5, 0.6) is 0 Å². The maximum atomic E-state index is 12.8. The average molecular weight is 285 g/mol. The number of benzene rings is 1. The molecule has 0 heterocycles. The molecule has 1 N–H and O–H groups in total. The van der Waals surface area contributed by atoms with Gasteiger partial charge in [0, 0.05) is 23.7 Å². The fraction of sp³-hybridized carbons (Fsp3) is 0.500. The molecule has 1 aromatic carbocycles. The van der Waals surface area contributed by atoms with Gasteiger partial charge in [0.15, 0.2) is 0 Å². The summed E-state index contributed by atoms with van der Waals surface area (Å²) < 4.78 is 0. The van der Waals surface area contributed by atoms with Crippen molar-refractivity contribution in [2.75, 3.05) is 13.2 Å². The van der Waals surface area contributed by atoms with Crippen LogP contribution in [0.2, 0.25) is 0 Å². The van der Waals surface area contributed by atoms with Crippen molar-refractivity contribution < 1.29 is 9.90 Å². The van der Waals surface area contributed by atoms with Gasteiger partial charge >= 0.3 is 0 Å². The van der Waals surface area contributed by atoms with Gasteiger partial charge in [-0.25, -0.2) is 0 Å². The number of rotatable bonds is 4. The van der Waals surface area contributed by atoms with E-state index < -0.39 is 0 Å². The zero-order chi connectivity index (χ0) is 15.4. The molecule has 3 nitrogen and oxygen atoms in total. The van der Waals surface area contributed by atoms with Gasteiger partial charge in [-0.1, -0.05) is 31.8 Å². The van der Waals surface area contributed by atoms with E-state index in [1.54, 1.807) is 0 Å². The van der Waals surface area contributed by atoms with Gasteiger partial charge in [0.05, 0.1) is 0 Å². The van der Waals surface area contributed by atoms with Crippen molar-refractivity contribution in [3.63, 3.8) is 0 Å². The Balaban J connectivity index is 2.27. The largest absolute Gasteiger partial charge is 0.384 e. The summed E-state index contributed by atoms with van der Waals surface area (Å²) in [6.07, 6.45) is 2.23. The van der Waals surface area contributed by atoms with Gasteiger partial charge < -0.3 is 10.0 Å². The molecule has 0 radical (unpaired) electrons. The van der Waals surface area contributed by atoms with Gasteiger partial charge in [0.1, 0.15) is 6.61 Å². The van der Waals surface area contributed by atoms with Crippen molar-refractivity contribution in [2.45, 2.75) is 39.7 Å². The molecular weight excluding hydrogens is 262 g/mol. The molecule has 0 spiro atoms. The molecule has 3 heteroatoms. The lowest BCUT2D eigenvalue weighted by molar-refractivity contribution is 0.0721. The highest BCUT2D eigenvalue weighted by Crippen LogP contribution is 2.29. The molecule has 0 bridgehead atoms. The molecule has 1 amide bonds. The first kappa shape index (κ1) is 15.6. The third-order valence-electron chi connectivity index (χ3n) is 3.59. The maximum Gasteiger partial charge on any atom is 0.254 e. The molecule has 1 aliphatic rings. The van der Waals surface area contributed by atoms with Crippen molar-refractivity contribution in [3.05, 3.63) is 34.9 Å². The SMILES string of the molecule is Cc1ccc(C#CCO)cc1C(=O)N(CC(C)C)C1CC1. The predicted molar refractivity (Wildman–Crippen MR) is 84.0 cm³/mol. The van der Waals surface area contributed by atoms with Crippen LogP contribution in [0.3, 0.4) is 0 Å². The lowest BCUT2D eigenvalue weighted by Crippen LogP contribution is -2.36. The van der Waals surface area contributed by atoms with Crippen LogP contribution in [0.4, 0.5) is 0 Å². The van der Waals surface area contributed by atoms with E-state index in [1.165, 1.54) is 0 Å². The second kappa shape index (κ2) is 6.78. The van der Waals surface area contributed by atoms with E-state index in [-0.39, 0.29) is 12.5 Å². The standard InChI is InChI=1S/C18H23NO2/c1-13(2)12-19(16-8-9-16)18(21)17-11-15(5-4-10-20)7-6-14(17)3/h6-7,11,13,16,20H,8-10,12H2,1-3H3.